The predicted octanol–water partition coefficient (Wildman–Crippen LogP) is 3.40. The lowest BCUT2D eigenvalue weighted by molar-refractivity contribution is 0.123. The van der Waals surface area contributed by atoms with Gasteiger partial charge in [-0.2, -0.15) is 0 Å². The summed E-state index contributed by atoms with van der Waals surface area (Å²) in [5.74, 6) is 0.592. The van der Waals surface area contributed by atoms with Crippen LogP contribution >= 0.6 is 0 Å². The molecule has 1 fully saturated rings. The highest BCUT2D eigenvalue weighted by molar-refractivity contribution is 5.43. The third kappa shape index (κ3) is 1.83. The fraction of sp³-hybridized carbons (Fsp3) is 0.294. The summed E-state index contributed by atoms with van der Waals surface area (Å²) in [7, 11) is 0. The van der Waals surface area contributed by atoms with Gasteiger partial charge in [-0.3, -0.25) is 0 Å². The molecule has 3 rings (SSSR count). The standard InChI is InChI=1S/C17H18O2/c1-12-11-17(12,13-7-3-2-4-8-13)16(19)14-9-5-6-10-15(14)18/h2-10,12,16,18-19H,11H2,1H3/t12-,16?,17+/m1/s1. The summed E-state index contributed by atoms with van der Waals surface area (Å²) in [5.41, 5.74) is 1.52. The number of phenolic OH excluding ortho intramolecular Hbond substituents is 1. The minimum Gasteiger partial charge on any atom is -0.508 e. The molecule has 2 aromatic rings. The van der Waals surface area contributed by atoms with E-state index in [1.165, 1.54) is 0 Å². The largest absolute Gasteiger partial charge is 0.508 e. The second kappa shape index (κ2) is 4.39. The van der Waals surface area contributed by atoms with Crippen LogP contribution in [-0.4, -0.2) is 10.2 Å². The molecule has 1 aliphatic carbocycles. The van der Waals surface area contributed by atoms with Crippen molar-refractivity contribution in [3.8, 4) is 5.75 Å². The fourth-order valence-corrected chi connectivity index (χ4v) is 3.13. The lowest BCUT2D eigenvalue weighted by Crippen LogP contribution is -2.20. The highest BCUT2D eigenvalue weighted by atomic mass is 16.3. The van der Waals surface area contributed by atoms with E-state index in [4.69, 9.17) is 0 Å². The molecule has 0 bridgehead atoms. The number of hydrogen-bond donors (Lipinski definition) is 2. The van der Waals surface area contributed by atoms with Gasteiger partial charge >= 0.3 is 0 Å². The molecule has 0 heterocycles. The lowest BCUT2D eigenvalue weighted by Gasteiger charge is -2.25. The second-order valence-corrected chi connectivity index (χ2v) is 5.47. The Kier molecular flexibility index (Phi) is 2.83. The van der Waals surface area contributed by atoms with E-state index in [0.29, 0.717) is 11.5 Å². The van der Waals surface area contributed by atoms with Crippen molar-refractivity contribution >= 4 is 0 Å². The quantitative estimate of drug-likeness (QED) is 0.881. The Hall–Kier alpha value is -1.80. The first kappa shape index (κ1) is 12.2. The Balaban J connectivity index is 2.03. The summed E-state index contributed by atoms with van der Waals surface area (Å²) in [6.07, 6.45) is 0.290. The van der Waals surface area contributed by atoms with E-state index in [0.717, 1.165) is 12.0 Å². The maximum absolute atomic E-state index is 10.8. The Morgan fingerprint density at radius 2 is 1.63 bits per heavy atom. The molecular formula is C17H18O2. The minimum absolute atomic E-state index is 0.171. The molecule has 0 amide bonds. The number of aliphatic hydroxyl groups is 1. The van der Waals surface area contributed by atoms with E-state index >= 15 is 0 Å². The molecule has 2 aromatic carbocycles. The molecule has 3 atom stereocenters. The van der Waals surface area contributed by atoms with Crippen LogP contribution in [0.2, 0.25) is 0 Å². The number of benzene rings is 2. The van der Waals surface area contributed by atoms with Crippen molar-refractivity contribution in [2.75, 3.05) is 0 Å². The number of para-hydroxylation sites is 1. The first-order chi connectivity index (χ1) is 9.16. The van der Waals surface area contributed by atoms with Crippen molar-refractivity contribution in [2.24, 2.45) is 5.92 Å². The summed E-state index contributed by atoms with van der Waals surface area (Å²) >= 11 is 0. The van der Waals surface area contributed by atoms with E-state index in [2.05, 4.69) is 19.1 Å². The van der Waals surface area contributed by atoms with Crippen LogP contribution in [0, 0.1) is 5.92 Å². The minimum atomic E-state index is -0.661. The number of hydrogen-bond acceptors (Lipinski definition) is 2. The maximum atomic E-state index is 10.8. The van der Waals surface area contributed by atoms with Crippen LogP contribution in [0.3, 0.4) is 0 Å². The van der Waals surface area contributed by atoms with Gasteiger partial charge in [-0.25, -0.2) is 0 Å². The van der Waals surface area contributed by atoms with Crippen molar-refractivity contribution in [1.82, 2.24) is 0 Å². The highest BCUT2D eigenvalue weighted by Crippen LogP contribution is 2.61. The van der Waals surface area contributed by atoms with Gasteiger partial charge in [0.05, 0.1) is 6.10 Å². The monoisotopic (exact) mass is 254 g/mol. The summed E-state index contributed by atoms with van der Waals surface area (Å²) < 4.78 is 0. The predicted molar refractivity (Wildman–Crippen MR) is 75.0 cm³/mol. The van der Waals surface area contributed by atoms with Gasteiger partial charge in [0.15, 0.2) is 0 Å². The van der Waals surface area contributed by atoms with Gasteiger partial charge in [0, 0.05) is 11.0 Å². The molecule has 19 heavy (non-hydrogen) atoms. The van der Waals surface area contributed by atoms with Crippen molar-refractivity contribution in [3.05, 3.63) is 65.7 Å². The molecule has 2 heteroatoms. The van der Waals surface area contributed by atoms with Crippen LogP contribution in [-0.2, 0) is 5.41 Å². The van der Waals surface area contributed by atoms with Gasteiger partial charge in [0.25, 0.3) is 0 Å². The van der Waals surface area contributed by atoms with Crippen LogP contribution in [0.4, 0.5) is 0 Å². The SMILES string of the molecule is C[C@@H]1C[C@]1(c1ccccc1)C(O)c1ccccc1O. The first-order valence-corrected chi connectivity index (χ1v) is 6.68. The van der Waals surface area contributed by atoms with E-state index in [9.17, 15) is 10.2 Å². The molecule has 0 aliphatic heterocycles. The van der Waals surface area contributed by atoms with Gasteiger partial charge < -0.3 is 10.2 Å². The summed E-state index contributed by atoms with van der Waals surface area (Å²) in [4.78, 5) is 0. The Morgan fingerprint density at radius 1 is 1.05 bits per heavy atom. The van der Waals surface area contributed by atoms with Crippen LogP contribution in [0.15, 0.2) is 54.6 Å². The van der Waals surface area contributed by atoms with Crippen LogP contribution in [0.25, 0.3) is 0 Å². The number of aliphatic hydroxyl groups excluding tert-OH is 1. The smallest absolute Gasteiger partial charge is 0.121 e. The average molecular weight is 254 g/mol. The first-order valence-electron chi connectivity index (χ1n) is 6.68. The Bertz CT molecular complexity index is 579. The van der Waals surface area contributed by atoms with E-state index in [-0.39, 0.29) is 11.2 Å². The van der Waals surface area contributed by atoms with Crippen molar-refractivity contribution in [1.29, 1.82) is 0 Å². The molecule has 0 aromatic heterocycles. The molecule has 1 unspecified atom stereocenters. The van der Waals surface area contributed by atoms with Gasteiger partial charge in [-0.15, -0.1) is 0 Å². The normalized spacial score (nSPS) is 26.9. The van der Waals surface area contributed by atoms with Gasteiger partial charge in [0.1, 0.15) is 5.75 Å². The number of phenols is 1. The van der Waals surface area contributed by atoms with Crippen LogP contribution < -0.4 is 0 Å². The van der Waals surface area contributed by atoms with Crippen molar-refractivity contribution < 1.29 is 10.2 Å². The molecule has 2 N–H and O–H groups in total. The van der Waals surface area contributed by atoms with Crippen molar-refractivity contribution in [3.63, 3.8) is 0 Å². The molecule has 0 saturated heterocycles. The number of rotatable bonds is 3. The third-order valence-corrected chi connectivity index (χ3v) is 4.39. The van der Waals surface area contributed by atoms with Crippen LogP contribution in [0.1, 0.15) is 30.6 Å². The molecule has 2 nitrogen and oxygen atoms in total. The van der Waals surface area contributed by atoms with Crippen LogP contribution in [0.5, 0.6) is 5.75 Å². The molecular weight excluding hydrogens is 236 g/mol. The van der Waals surface area contributed by atoms with E-state index in [1.54, 1.807) is 18.2 Å². The topological polar surface area (TPSA) is 40.5 Å². The van der Waals surface area contributed by atoms with Gasteiger partial charge in [-0.1, -0.05) is 55.5 Å². The Labute approximate surface area is 113 Å². The molecule has 1 aliphatic rings. The zero-order chi connectivity index (χ0) is 13.5. The van der Waals surface area contributed by atoms with E-state index in [1.807, 2.05) is 24.3 Å². The molecule has 98 valence electrons. The molecule has 1 saturated carbocycles. The zero-order valence-corrected chi connectivity index (χ0v) is 11.0. The lowest BCUT2D eigenvalue weighted by atomic mass is 9.84. The maximum Gasteiger partial charge on any atom is 0.121 e. The van der Waals surface area contributed by atoms with E-state index < -0.39 is 6.10 Å². The fourth-order valence-electron chi connectivity index (χ4n) is 3.13. The van der Waals surface area contributed by atoms with Gasteiger partial charge in [0.2, 0.25) is 0 Å². The second-order valence-electron chi connectivity index (χ2n) is 5.47. The molecule has 0 spiro atoms. The molecule has 0 radical (unpaired) electrons. The third-order valence-electron chi connectivity index (χ3n) is 4.39. The summed E-state index contributed by atoms with van der Waals surface area (Å²) in [6, 6.07) is 17.2. The highest BCUT2D eigenvalue weighted by Gasteiger charge is 2.58. The Morgan fingerprint density at radius 3 is 2.21 bits per heavy atom. The zero-order valence-electron chi connectivity index (χ0n) is 11.0. The summed E-state index contributed by atoms with van der Waals surface area (Å²) in [6.45, 7) is 2.15. The average Bonchev–Trinajstić information content (AvgIpc) is 3.12. The number of aromatic hydroxyl groups is 1. The van der Waals surface area contributed by atoms with Gasteiger partial charge in [-0.05, 0) is 24.0 Å². The summed E-state index contributed by atoms with van der Waals surface area (Å²) in [5, 5.41) is 20.7. The van der Waals surface area contributed by atoms with Crippen molar-refractivity contribution in [2.45, 2.75) is 24.9 Å².